The molecule has 0 radical (unpaired) electrons. The summed E-state index contributed by atoms with van der Waals surface area (Å²) in [5, 5.41) is 14.2. The van der Waals surface area contributed by atoms with Crippen LogP contribution in [0.1, 0.15) is 16.1 Å². The average Bonchev–Trinajstić information content (AvgIpc) is 3.39. The van der Waals surface area contributed by atoms with E-state index in [-0.39, 0.29) is 30.3 Å². The molecule has 0 aliphatic carbocycles. The largest absolute Gasteiger partial charge is 0.495 e. The van der Waals surface area contributed by atoms with Crippen LogP contribution < -0.4 is 15.6 Å². The number of amides is 1. The number of tetrazole rings is 1. The molecular formula is C23H20ClN7O4. The van der Waals surface area contributed by atoms with Crippen molar-refractivity contribution in [2.75, 3.05) is 14.2 Å². The van der Waals surface area contributed by atoms with Gasteiger partial charge in [0.25, 0.3) is 11.5 Å². The predicted octanol–water partition coefficient (Wildman–Crippen LogP) is 1.72. The molecule has 1 amide bonds. The summed E-state index contributed by atoms with van der Waals surface area (Å²) >= 11 is 6.22. The van der Waals surface area contributed by atoms with Crippen LogP contribution in [0.15, 0.2) is 59.9 Å². The second-order valence-electron chi connectivity index (χ2n) is 7.48. The van der Waals surface area contributed by atoms with E-state index in [0.717, 1.165) is 0 Å². The number of carbonyl (C=O) groups excluding carboxylic acids is 2. The van der Waals surface area contributed by atoms with Crippen LogP contribution in [0.2, 0.25) is 5.02 Å². The molecule has 0 aliphatic rings. The molecule has 4 aromatic rings. The van der Waals surface area contributed by atoms with Crippen molar-refractivity contribution in [3.05, 3.63) is 81.8 Å². The van der Waals surface area contributed by atoms with Crippen LogP contribution in [0.25, 0.3) is 16.8 Å². The molecule has 35 heavy (non-hydrogen) atoms. The fourth-order valence-corrected chi connectivity index (χ4v) is 3.68. The highest BCUT2D eigenvalue weighted by molar-refractivity contribution is 6.31. The van der Waals surface area contributed by atoms with Crippen LogP contribution in [0.4, 0.5) is 0 Å². The Morgan fingerprint density at radius 1 is 1.14 bits per heavy atom. The van der Waals surface area contributed by atoms with Crippen molar-refractivity contribution in [2.45, 2.75) is 13.0 Å². The minimum absolute atomic E-state index is 0.0509. The number of rotatable bonds is 8. The normalized spacial score (nSPS) is 10.7. The van der Waals surface area contributed by atoms with E-state index in [1.54, 1.807) is 30.3 Å². The maximum absolute atomic E-state index is 12.9. The van der Waals surface area contributed by atoms with Crippen molar-refractivity contribution < 1.29 is 14.3 Å². The first-order chi connectivity index (χ1) is 16.9. The molecule has 0 fully saturated rings. The first-order valence-electron chi connectivity index (χ1n) is 10.4. The molecule has 0 saturated heterocycles. The van der Waals surface area contributed by atoms with Crippen molar-refractivity contribution in [2.24, 2.45) is 0 Å². The maximum atomic E-state index is 12.9. The molecule has 12 heteroatoms. The SMILES string of the molecule is CNC(=O)c1ccc(CC(=O)Cn2cc(OC)c(-c3cc(Cl)ccc3-n3cnnn3)cc2=O)cn1. The summed E-state index contributed by atoms with van der Waals surface area (Å²) in [5.41, 5.74) is 2.14. The lowest BCUT2D eigenvalue weighted by atomic mass is 10.0. The second kappa shape index (κ2) is 10.3. The average molecular weight is 494 g/mol. The van der Waals surface area contributed by atoms with Crippen LogP contribution in [-0.2, 0) is 17.8 Å². The first kappa shape index (κ1) is 23.8. The Morgan fingerprint density at radius 2 is 1.97 bits per heavy atom. The number of Topliss-reactive ketones (excluding diaryl/α,β-unsaturated/α-hetero) is 1. The molecule has 3 heterocycles. The van der Waals surface area contributed by atoms with Gasteiger partial charge in [-0.2, -0.15) is 4.68 Å². The van der Waals surface area contributed by atoms with Gasteiger partial charge in [-0.3, -0.25) is 19.4 Å². The predicted molar refractivity (Wildman–Crippen MR) is 127 cm³/mol. The molecular weight excluding hydrogens is 474 g/mol. The van der Waals surface area contributed by atoms with Crippen molar-refractivity contribution in [3.8, 4) is 22.6 Å². The van der Waals surface area contributed by atoms with E-state index in [4.69, 9.17) is 16.3 Å². The van der Waals surface area contributed by atoms with Gasteiger partial charge in [0.1, 0.15) is 17.8 Å². The fourth-order valence-electron chi connectivity index (χ4n) is 3.51. The van der Waals surface area contributed by atoms with E-state index in [9.17, 15) is 14.4 Å². The lowest BCUT2D eigenvalue weighted by Crippen LogP contribution is -2.25. The fraction of sp³-hybridized carbons (Fsp3) is 0.174. The molecule has 1 N–H and O–H groups in total. The topological polar surface area (TPSA) is 134 Å². The number of nitrogens with one attached hydrogen (secondary N) is 1. The smallest absolute Gasteiger partial charge is 0.269 e. The molecule has 0 atom stereocenters. The zero-order valence-electron chi connectivity index (χ0n) is 18.8. The van der Waals surface area contributed by atoms with Crippen molar-refractivity contribution in [1.29, 1.82) is 0 Å². The molecule has 4 rings (SSSR count). The van der Waals surface area contributed by atoms with Gasteiger partial charge < -0.3 is 14.6 Å². The van der Waals surface area contributed by atoms with Gasteiger partial charge in [0.05, 0.1) is 25.5 Å². The number of aromatic nitrogens is 6. The summed E-state index contributed by atoms with van der Waals surface area (Å²) in [6.45, 7) is -0.165. The van der Waals surface area contributed by atoms with Gasteiger partial charge in [0.15, 0.2) is 5.78 Å². The summed E-state index contributed by atoms with van der Waals surface area (Å²) in [4.78, 5) is 41.3. The number of ketones is 1. The summed E-state index contributed by atoms with van der Waals surface area (Å²) in [6, 6.07) is 9.67. The molecule has 178 valence electrons. The van der Waals surface area contributed by atoms with Crippen LogP contribution in [-0.4, -0.2) is 55.6 Å². The molecule has 0 aliphatic heterocycles. The van der Waals surface area contributed by atoms with Gasteiger partial charge in [0, 0.05) is 41.9 Å². The number of carbonyl (C=O) groups is 2. The number of hydrogen-bond donors (Lipinski definition) is 1. The first-order valence-corrected chi connectivity index (χ1v) is 10.8. The van der Waals surface area contributed by atoms with Gasteiger partial charge >= 0.3 is 0 Å². The van der Waals surface area contributed by atoms with E-state index in [0.29, 0.717) is 33.1 Å². The van der Waals surface area contributed by atoms with Crippen molar-refractivity contribution in [3.63, 3.8) is 0 Å². The highest BCUT2D eigenvalue weighted by Gasteiger charge is 2.17. The highest BCUT2D eigenvalue weighted by atomic mass is 35.5. The van der Waals surface area contributed by atoms with E-state index in [2.05, 4.69) is 25.8 Å². The molecule has 1 aromatic carbocycles. The molecule has 0 saturated carbocycles. The zero-order valence-corrected chi connectivity index (χ0v) is 19.6. The van der Waals surface area contributed by atoms with Crippen molar-refractivity contribution in [1.82, 2.24) is 35.1 Å². The number of benzene rings is 1. The quantitative estimate of drug-likeness (QED) is 0.392. The number of hydrogen-bond acceptors (Lipinski definition) is 8. The highest BCUT2D eigenvalue weighted by Crippen LogP contribution is 2.34. The summed E-state index contributed by atoms with van der Waals surface area (Å²) in [7, 11) is 2.98. The van der Waals surface area contributed by atoms with Gasteiger partial charge in [-0.1, -0.05) is 17.7 Å². The molecule has 0 bridgehead atoms. The third-order valence-electron chi connectivity index (χ3n) is 5.19. The van der Waals surface area contributed by atoms with Crippen LogP contribution >= 0.6 is 11.6 Å². The van der Waals surface area contributed by atoms with Crippen LogP contribution in [0.3, 0.4) is 0 Å². The lowest BCUT2D eigenvalue weighted by molar-refractivity contribution is -0.119. The Bertz CT molecular complexity index is 1430. The zero-order chi connectivity index (χ0) is 24.9. The summed E-state index contributed by atoms with van der Waals surface area (Å²) in [5.74, 6) is -0.163. The molecule has 11 nitrogen and oxygen atoms in total. The van der Waals surface area contributed by atoms with Gasteiger partial charge in [-0.05, 0) is 40.3 Å². The Hall–Kier alpha value is -4.38. The number of halogens is 1. The third-order valence-corrected chi connectivity index (χ3v) is 5.42. The maximum Gasteiger partial charge on any atom is 0.269 e. The van der Waals surface area contributed by atoms with Gasteiger partial charge in [-0.15, -0.1) is 5.10 Å². The van der Waals surface area contributed by atoms with Crippen molar-refractivity contribution >= 4 is 23.3 Å². The van der Waals surface area contributed by atoms with Gasteiger partial charge in [0.2, 0.25) is 0 Å². The number of methoxy groups -OCH3 is 1. The lowest BCUT2D eigenvalue weighted by Gasteiger charge is -2.15. The minimum atomic E-state index is -0.398. The monoisotopic (exact) mass is 493 g/mol. The van der Waals surface area contributed by atoms with E-state index >= 15 is 0 Å². The van der Waals surface area contributed by atoms with Gasteiger partial charge in [-0.25, -0.2) is 0 Å². The Morgan fingerprint density at radius 3 is 2.63 bits per heavy atom. The molecule has 3 aromatic heterocycles. The number of ether oxygens (including phenoxy) is 1. The second-order valence-corrected chi connectivity index (χ2v) is 7.92. The molecule has 0 spiro atoms. The summed E-state index contributed by atoms with van der Waals surface area (Å²) in [6.07, 6.45) is 4.42. The molecule has 0 unspecified atom stereocenters. The van der Waals surface area contributed by atoms with E-state index in [1.165, 1.54) is 48.2 Å². The Kier molecular flexibility index (Phi) is 6.97. The van der Waals surface area contributed by atoms with Crippen LogP contribution in [0, 0.1) is 0 Å². The van der Waals surface area contributed by atoms with E-state index in [1.807, 2.05) is 0 Å². The third kappa shape index (κ3) is 5.25. The number of pyridine rings is 2. The Labute approximate surface area is 204 Å². The summed E-state index contributed by atoms with van der Waals surface area (Å²) < 4.78 is 8.25. The number of nitrogens with zero attached hydrogens (tertiary/aromatic N) is 6. The minimum Gasteiger partial charge on any atom is -0.495 e. The Balaban J connectivity index is 1.61. The van der Waals surface area contributed by atoms with Crippen LogP contribution in [0.5, 0.6) is 5.75 Å². The standard InChI is InChI=1S/C23H20ClN7O4/c1-25-23(34)19-5-3-14(10-26-19)7-16(32)11-30-12-21(35-2)18(9-22(30)33)17-8-15(24)4-6-20(17)31-13-27-28-29-31/h3-6,8-10,12-13H,7,11H2,1-2H3,(H,25,34). The van der Waals surface area contributed by atoms with E-state index < -0.39 is 5.56 Å².